The van der Waals surface area contributed by atoms with E-state index in [2.05, 4.69) is 6.58 Å². The van der Waals surface area contributed by atoms with E-state index in [-0.39, 0.29) is 17.1 Å². The average molecular weight is 234 g/mol. The maximum Gasteiger partial charge on any atom is 0.338 e. The number of benzene rings is 1. The van der Waals surface area contributed by atoms with Gasteiger partial charge in [-0.25, -0.2) is 4.79 Å². The van der Waals surface area contributed by atoms with E-state index in [0.29, 0.717) is 11.3 Å². The Hall–Kier alpha value is -2.10. The van der Waals surface area contributed by atoms with Crippen molar-refractivity contribution in [3.63, 3.8) is 0 Å². The number of rotatable bonds is 4. The van der Waals surface area contributed by atoms with Crippen molar-refractivity contribution in [1.29, 1.82) is 0 Å². The van der Waals surface area contributed by atoms with Crippen LogP contribution in [0.4, 0.5) is 0 Å². The molecule has 4 heteroatoms. The third-order valence-corrected chi connectivity index (χ3v) is 2.12. The number of para-hydroxylation sites is 1. The fraction of sp³-hybridized carbons (Fsp3) is 0.231. The average Bonchev–Trinajstić information content (AvgIpc) is 2.28. The lowest BCUT2D eigenvalue weighted by Crippen LogP contribution is -2.11. The number of Topliss-reactive ketones (excluding diaryl/α,β-unsaturated/α-hetero) is 1. The summed E-state index contributed by atoms with van der Waals surface area (Å²) in [4.78, 5) is 22.9. The SMILES string of the molecule is C=C(C)C(=O)Oc1c(OC)cccc1C(C)=O. The summed E-state index contributed by atoms with van der Waals surface area (Å²) in [6.45, 7) is 6.41. The van der Waals surface area contributed by atoms with Gasteiger partial charge in [-0.05, 0) is 26.0 Å². The fourth-order valence-electron chi connectivity index (χ4n) is 1.24. The van der Waals surface area contributed by atoms with Gasteiger partial charge < -0.3 is 9.47 Å². The largest absolute Gasteiger partial charge is 0.493 e. The second-order valence-corrected chi connectivity index (χ2v) is 3.56. The van der Waals surface area contributed by atoms with Gasteiger partial charge in [-0.3, -0.25) is 4.79 Å². The normalized spacial score (nSPS) is 9.59. The van der Waals surface area contributed by atoms with Crippen LogP contribution in [0.25, 0.3) is 0 Å². The zero-order valence-corrected chi connectivity index (χ0v) is 10.1. The Bertz CT molecular complexity index is 474. The molecule has 0 amide bonds. The molecular formula is C13H14O4. The first-order chi connectivity index (χ1) is 7.97. The summed E-state index contributed by atoms with van der Waals surface area (Å²) in [6.07, 6.45) is 0. The monoisotopic (exact) mass is 234 g/mol. The van der Waals surface area contributed by atoms with Crippen LogP contribution in [-0.4, -0.2) is 18.9 Å². The molecule has 0 N–H and O–H groups in total. The topological polar surface area (TPSA) is 52.6 Å². The standard InChI is InChI=1S/C13H14O4/c1-8(2)13(15)17-12-10(9(3)14)6-5-7-11(12)16-4/h5-7H,1H2,2-4H3. The predicted molar refractivity (Wildman–Crippen MR) is 63.4 cm³/mol. The lowest BCUT2D eigenvalue weighted by molar-refractivity contribution is -0.130. The molecule has 1 aromatic carbocycles. The number of hydrogen-bond donors (Lipinski definition) is 0. The predicted octanol–water partition coefficient (Wildman–Crippen LogP) is 2.38. The minimum atomic E-state index is -0.586. The van der Waals surface area contributed by atoms with Crippen LogP contribution < -0.4 is 9.47 Å². The van der Waals surface area contributed by atoms with E-state index in [0.717, 1.165) is 0 Å². The first kappa shape index (κ1) is 13.0. The fourth-order valence-corrected chi connectivity index (χ4v) is 1.24. The molecule has 0 unspecified atom stereocenters. The Kier molecular flexibility index (Phi) is 4.04. The summed E-state index contributed by atoms with van der Waals surface area (Å²) >= 11 is 0. The van der Waals surface area contributed by atoms with Gasteiger partial charge in [0.15, 0.2) is 17.3 Å². The molecule has 0 aliphatic carbocycles. The molecule has 0 radical (unpaired) electrons. The molecule has 90 valence electrons. The number of hydrogen-bond acceptors (Lipinski definition) is 4. The van der Waals surface area contributed by atoms with Gasteiger partial charge in [0.2, 0.25) is 0 Å². The summed E-state index contributed by atoms with van der Waals surface area (Å²) in [6, 6.07) is 4.85. The molecule has 0 atom stereocenters. The minimum Gasteiger partial charge on any atom is -0.493 e. The van der Waals surface area contributed by atoms with Crippen molar-refractivity contribution in [3.8, 4) is 11.5 Å². The van der Waals surface area contributed by atoms with Gasteiger partial charge in [-0.1, -0.05) is 12.6 Å². The molecule has 0 aliphatic rings. The van der Waals surface area contributed by atoms with E-state index in [4.69, 9.17) is 9.47 Å². The van der Waals surface area contributed by atoms with Crippen molar-refractivity contribution in [2.45, 2.75) is 13.8 Å². The van der Waals surface area contributed by atoms with Crippen LogP contribution in [0.1, 0.15) is 24.2 Å². The van der Waals surface area contributed by atoms with Crippen molar-refractivity contribution >= 4 is 11.8 Å². The van der Waals surface area contributed by atoms with Crippen LogP contribution in [0.3, 0.4) is 0 Å². The van der Waals surface area contributed by atoms with E-state index in [1.165, 1.54) is 21.0 Å². The van der Waals surface area contributed by atoms with Gasteiger partial charge >= 0.3 is 5.97 Å². The Morgan fingerprint density at radius 1 is 1.24 bits per heavy atom. The van der Waals surface area contributed by atoms with Gasteiger partial charge in [0, 0.05) is 5.57 Å². The number of carbonyl (C=O) groups is 2. The lowest BCUT2D eigenvalue weighted by atomic mass is 10.1. The van der Waals surface area contributed by atoms with E-state index in [9.17, 15) is 9.59 Å². The molecule has 0 saturated carbocycles. The third kappa shape index (κ3) is 2.93. The molecule has 4 nitrogen and oxygen atoms in total. The Morgan fingerprint density at radius 2 is 1.88 bits per heavy atom. The van der Waals surface area contributed by atoms with Crippen LogP contribution in [0.2, 0.25) is 0 Å². The van der Waals surface area contributed by atoms with Gasteiger partial charge in [0.25, 0.3) is 0 Å². The van der Waals surface area contributed by atoms with Crippen molar-refractivity contribution in [1.82, 2.24) is 0 Å². The summed E-state index contributed by atoms with van der Waals surface area (Å²) < 4.78 is 10.2. The molecular weight excluding hydrogens is 220 g/mol. The van der Waals surface area contributed by atoms with E-state index in [1.807, 2.05) is 0 Å². The summed E-state index contributed by atoms with van der Waals surface area (Å²) in [5.74, 6) is -0.312. The second-order valence-electron chi connectivity index (χ2n) is 3.56. The quantitative estimate of drug-likeness (QED) is 0.347. The number of ether oxygens (including phenoxy) is 2. The maximum absolute atomic E-state index is 11.5. The summed E-state index contributed by atoms with van der Waals surface area (Å²) in [5.41, 5.74) is 0.560. The van der Waals surface area contributed by atoms with Crippen LogP contribution in [0, 0.1) is 0 Å². The zero-order chi connectivity index (χ0) is 13.0. The lowest BCUT2D eigenvalue weighted by Gasteiger charge is -2.11. The first-order valence-corrected chi connectivity index (χ1v) is 5.03. The van der Waals surface area contributed by atoms with Gasteiger partial charge in [-0.15, -0.1) is 0 Å². The molecule has 1 aromatic rings. The molecule has 17 heavy (non-hydrogen) atoms. The highest BCUT2D eigenvalue weighted by molar-refractivity contribution is 5.99. The first-order valence-electron chi connectivity index (χ1n) is 5.03. The number of methoxy groups -OCH3 is 1. The number of esters is 1. The van der Waals surface area contributed by atoms with Crippen molar-refractivity contribution in [3.05, 3.63) is 35.9 Å². The van der Waals surface area contributed by atoms with E-state index in [1.54, 1.807) is 18.2 Å². The minimum absolute atomic E-state index is 0.135. The Balaban J connectivity index is 3.22. The Morgan fingerprint density at radius 3 is 2.35 bits per heavy atom. The van der Waals surface area contributed by atoms with Gasteiger partial charge in [0.05, 0.1) is 12.7 Å². The highest BCUT2D eigenvalue weighted by atomic mass is 16.6. The third-order valence-electron chi connectivity index (χ3n) is 2.12. The highest BCUT2D eigenvalue weighted by Gasteiger charge is 2.17. The van der Waals surface area contributed by atoms with Crippen LogP contribution in [0.5, 0.6) is 11.5 Å². The zero-order valence-electron chi connectivity index (χ0n) is 10.1. The van der Waals surface area contributed by atoms with Crippen molar-refractivity contribution in [2.75, 3.05) is 7.11 Å². The maximum atomic E-state index is 11.5. The smallest absolute Gasteiger partial charge is 0.338 e. The van der Waals surface area contributed by atoms with Crippen molar-refractivity contribution in [2.24, 2.45) is 0 Å². The molecule has 0 aromatic heterocycles. The Labute approximate surface area is 99.8 Å². The van der Waals surface area contributed by atoms with E-state index >= 15 is 0 Å². The van der Waals surface area contributed by atoms with Crippen LogP contribution >= 0.6 is 0 Å². The second kappa shape index (κ2) is 5.30. The molecule has 0 aliphatic heterocycles. The molecule has 0 bridgehead atoms. The summed E-state index contributed by atoms with van der Waals surface area (Å²) in [5, 5.41) is 0. The van der Waals surface area contributed by atoms with E-state index < -0.39 is 5.97 Å². The van der Waals surface area contributed by atoms with Crippen LogP contribution in [-0.2, 0) is 4.79 Å². The molecule has 0 saturated heterocycles. The van der Waals surface area contributed by atoms with Crippen LogP contribution in [0.15, 0.2) is 30.4 Å². The molecule has 0 heterocycles. The number of ketones is 1. The summed E-state index contributed by atoms with van der Waals surface area (Å²) in [7, 11) is 1.44. The molecule has 0 spiro atoms. The van der Waals surface area contributed by atoms with Crippen molar-refractivity contribution < 1.29 is 19.1 Å². The number of carbonyl (C=O) groups excluding carboxylic acids is 2. The molecule has 1 rings (SSSR count). The molecule has 0 fully saturated rings. The highest BCUT2D eigenvalue weighted by Crippen LogP contribution is 2.31. The van der Waals surface area contributed by atoms with Gasteiger partial charge in [0.1, 0.15) is 0 Å². The van der Waals surface area contributed by atoms with Gasteiger partial charge in [-0.2, -0.15) is 0 Å².